The third kappa shape index (κ3) is 5.84. The van der Waals surface area contributed by atoms with Gasteiger partial charge in [0.25, 0.3) is 0 Å². The monoisotopic (exact) mass is 808 g/mol. The Morgan fingerprint density at radius 3 is 1.23 bits per heavy atom. The summed E-state index contributed by atoms with van der Waals surface area (Å²) in [5, 5.41) is 17.6. The van der Waals surface area contributed by atoms with Gasteiger partial charge in [-0.2, -0.15) is 0 Å². The first kappa shape index (κ1) is 36.3. The van der Waals surface area contributed by atoms with E-state index in [-0.39, 0.29) is 0 Å². The third-order valence-electron chi connectivity index (χ3n) is 13.6. The zero-order valence-electron chi connectivity index (χ0n) is 35.1. The normalized spacial score (nSPS) is 11.8. The number of fused-ring (bicyclic) bond motifs is 9. The van der Waals surface area contributed by atoms with Crippen molar-refractivity contribution in [2.75, 3.05) is 0 Å². The second-order valence-corrected chi connectivity index (χ2v) is 17.2. The predicted octanol–water partition coefficient (Wildman–Crippen LogP) is 18.1. The summed E-state index contributed by atoms with van der Waals surface area (Å²) in [5.41, 5.74) is 12.3. The molecule has 0 bridgehead atoms. The maximum Gasteiger partial charge on any atom is -0.00201 e. The molecule has 0 aliphatic rings. The standard InChI is InChI=1S/C64H40/c1-2-16-42-35-50(34-33-41(42)15-1)64-59-32-14-30-53(43-19-11-21-45(36-43)60-38-47-17-3-5-24-51(47)55-26-7-9-28-57(55)60)62(59)40-49-23-13-31-54(63(49)64)44-20-12-22-46(37-44)61-39-48-18-4-6-25-52(48)56-27-8-10-29-58(56)61/h1-40H. The van der Waals surface area contributed by atoms with Gasteiger partial charge in [0.2, 0.25) is 0 Å². The Balaban J connectivity index is 1.04. The van der Waals surface area contributed by atoms with Gasteiger partial charge < -0.3 is 0 Å². The van der Waals surface area contributed by atoms with Crippen LogP contribution < -0.4 is 0 Å². The summed E-state index contributed by atoms with van der Waals surface area (Å²) in [4.78, 5) is 0. The molecule has 0 atom stereocenters. The number of benzene rings is 13. The van der Waals surface area contributed by atoms with Gasteiger partial charge in [-0.15, -0.1) is 0 Å². The molecule has 0 saturated carbocycles. The summed E-state index contributed by atoms with van der Waals surface area (Å²) in [6, 6.07) is 90.1. The van der Waals surface area contributed by atoms with E-state index in [9.17, 15) is 0 Å². The molecule has 0 unspecified atom stereocenters. The van der Waals surface area contributed by atoms with Crippen molar-refractivity contribution in [1.29, 1.82) is 0 Å². The highest BCUT2D eigenvalue weighted by Crippen LogP contribution is 2.46. The second kappa shape index (κ2) is 14.7. The summed E-state index contributed by atoms with van der Waals surface area (Å²) in [7, 11) is 0. The Labute approximate surface area is 371 Å². The molecule has 64 heavy (non-hydrogen) atoms. The Hall–Kier alpha value is -8.32. The minimum Gasteiger partial charge on any atom is -0.0616 e. The van der Waals surface area contributed by atoms with Crippen molar-refractivity contribution in [3.8, 4) is 55.6 Å². The SMILES string of the molecule is c1cc(-c2cccc3c(-c4ccc5ccccc5c4)c4c(-c5cccc(-c6cc7ccccc7c7ccccc67)c5)cccc4cc23)cc(-c2cc3ccccc3c3ccccc23)c1. The zero-order valence-corrected chi connectivity index (χ0v) is 35.1. The molecule has 0 heterocycles. The van der Waals surface area contributed by atoms with Crippen LogP contribution in [0.5, 0.6) is 0 Å². The maximum atomic E-state index is 2.44. The molecule has 0 fully saturated rings. The van der Waals surface area contributed by atoms with Gasteiger partial charge in [-0.05, 0) is 167 Å². The molecule has 0 amide bonds. The topological polar surface area (TPSA) is 0 Å². The quantitative estimate of drug-likeness (QED) is 0.120. The third-order valence-corrected chi connectivity index (χ3v) is 13.6. The van der Waals surface area contributed by atoms with Crippen LogP contribution in [0, 0.1) is 0 Å². The minimum absolute atomic E-state index is 1.20. The lowest BCUT2D eigenvalue weighted by molar-refractivity contribution is 1.62. The lowest BCUT2D eigenvalue weighted by atomic mass is 9.84. The maximum absolute atomic E-state index is 2.44. The summed E-state index contributed by atoms with van der Waals surface area (Å²) in [5.74, 6) is 0. The molecule has 0 N–H and O–H groups in total. The molecule has 0 aromatic heterocycles. The number of hydrogen-bond acceptors (Lipinski definition) is 0. The van der Waals surface area contributed by atoms with Crippen LogP contribution in [-0.4, -0.2) is 0 Å². The Morgan fingerprint density at radius 2 is 0.609 bits per heavy atom. The molecule has 0 saturated heterocycles. The van der Waals surface area contributed by atoms with Crippen molar-refractivity contribution >= 4 is 75.4 Å². The van der Waals surface area contributed by atoms with Gasteiger partial charge in [-0.25, -0.2) is 0 Å². The molecule has 0 radical (unpaired) electrons. The van der Waals surface area contributed by atoms with E-state index < -0.39 is 0 Å². The molecule has 0 nitrogen and oxygen atoms in total. The average Bonchev–Trinajstić information content (AvgIpc) is 3.37. The van der Waals surface area contributed by atoms with Crippen molar-refractivity contribution in [1.82, 2.24) is 0 Å². The van der Waals surface area contributed by atoms with Crippen molar-refractivity contribution in [2.45, 2.75) is 0 Å². The van der Waals surface area contributed by atoms with Gasteiger partial charge in [-0.1, -0.05) is 206 Å². The van der Waals surface area contributed by atoms with Crippen LogP contribution in [-0.2, 0) is 0 Å². The summed E-state index contributed by atoms with van der Waals surface area (Å²) >= 11 is 0. The first-order valence-corrected chi connectivity index (χ1v) is 22.2. The van der Waals surface area contributed by atoms with Crippen LogP contribution in [0.1, 0.15) is 0 Å². The fourth-order valence-electron chi connectivity index (χ4n) is 10.6. The average molecular weight is 809 g/mol. The highest BCUT2D eigenvalue weighted by Gasteiger charge is 2.19. The smallest absolute Gasteiger partial charge is 0.00201 e. The second-order valence-electron chi connectivity index (χ2n) is 17.2. The first-order chi connectivity index (χ1) is 31.7. The van der Waals surface area contributed by atoms with Crippen LogP contribution in [0.15, 0.2) is 243 Å². The van der Waals surface area contributed by atoms with E-state index in [2.05, 4.69) is 243 Å². The lowest BCUT2D eigenvalue weighted by Crippen LogP contribution is -1.92. The minimum atomic E-state index is 1.20. The van der Waals surface area contributed by atoms with Crippen LogP contribution >= 0.6 is 0 Å². The first-order valence-electron chi connectivity index (χ1n) is 22.2. The molecule has 0 heteroatoms. The number of hydrogen-bond donors (Lipinski definition) is 0. The molecule has 0 aliphatic heterocycles. The highest BCUT2D eigenvalue weighted by molar-refractivity contribution is 6.21. The molecule has 13 aromatic carbocycles. The molecule has 0 spiro atoms. The molecular weight excluding hydrogens is 769 g/mol. The fourth-order valence-corrected chi connectivity index (χ4v) is 10.6. The van der Waals surface area contributed by atoms with Crippen LogP contribution in [0.2, 0.25) is 0 Å². The van der Waals surface area contributed by atoms with Crippen molar-refractivity contribution in [3.63, 3.8) is 0 Å². The van der Waals surface area contributed by atoms with Gasteiger partial charge in [0.1, 0.15) is 0 Å². The summed E-state index contributed by atoms with van der Waals surface area (Å²) in [6.07, 6.45) is 0. The molecular formula is C64H40. The number of rotatable bonds is 5. The van der Waals surface area contributed by atoms with Gasteiger partial charge in [0, 0.05) is 0 Å². The van der Waals surface area contributed by atoms with Crippen LogP contribution in [0.25, 0.3) is 131 Å². The van der Waals surface area contributed by atoms with Gasteiger partial charge in [0.15, 0.2) is 0 Å². The van der Waals surface area contributed by atoms with Crippen LogP contribution in [0.4, 0.5) is 0 Å². The van der Waals surface area contributed by atoms with E-state index in [0.717, 1.165) is 0 Å². The lowest BCUT2D eigenvalue weighted by Gasteiger charge is -2.19. The van der Waals surface area contributed by atoms with E-state index in [1.807, 2.05) is 0 Å². The molecule has 0 aliphatic carbocycles. The van der Waals surface area contributed by atoms with Gasteiger partial charge in [-0.3, -0.25) is 0 Å². The molecule has 13 aromatic rings. The van der Waals surface area contributed by atoms with E-state index in [1.165, 1.54) is 131 Å². The Morgan fingerprint density at radius 1 is 0.172 bits per heavy atom. The predicted molar refractivity (Wildman–Crippen MR) is 276 cm³/mol. The van der Waals surface area contributed by atoms with E-state index in [0.29, 0.717) is 0 Å². The summed E-state index contributed by atoms with van der Waals surface area (Å²) < 4.78 is 0. The van der Waals surface area contributed by atoms with Crippen molar-refractivity contribution in [3.05, 3.63) is 243 Å². The van der Waals surface area contributed by atoms with E-state index in [4.69, 9.17) is 0 Å². The van der Waals surface area contributed by atoms with E-state index >= 15 is 0 Å². The van der Waals surface area contributed by atoms with E-state index in [1.54, 1.807) is 0 Å². The van der Waals surface area contributed by atoms with Crippen molar-refractivity contribution < 1.29 is 0 Å². The molecule has 296 valence electrons. The van der Waals surface area contributed by atoms with Gasteiger partial charge >= 0.3 is 0 Å². The largest absolute Gasteiger partial charge is 0.0616 e. The molecule has 13 rings (SSSR count). The van der Waals surface area contributed by atoms with Crippen molar-refractivity contribution in [2.24, 2.45) is 0 Å². The fraction of sp³-hybridized carbons (Fsp3) is 0. The Bertz CT molecular complexity index is 4020. The van der Waals surface area contributed by atoms with Crippen LogP contribution in [0.3, 0.4) is 0 Å². The Kier molecular flexibility index (Phi) is 8.32. The van der Waals surface area contributed by atoms with Gasteiger partial charge in [0.05, 0.1) is 0 Å². The zero-order chi connectivity index (χ0) is 42.1. The summed E-state index contributed by atoms with van der Waals surface area (Å²) in [6.45, 7) is 0. The highest BCUT2D eigenvalue weighted by atomic mass is 14.2.